The minimum absolute atomic E-state index is 0.128. The Bertz CT molecular complexity index is 1090. The number of phenolic OH excluding ortho intramolecular Hbond substituents is 1. The maximum atomic E-state index is 12.7. The number of fused-ring (bicyclic) bond motifs is 1. The molecule has 5 nitrogen and oxygen atoms in total. The van der Waals surface area contributed by atoms with Crippen molar-refractivity contribution < 1.29 is 19.4 Å². The van der Waals surface area contributed by atoms with E-state index in [0.717, 1.165) is 28.2 Å². The number of carbonyl (C=O) groups is 2. The number of thioether (sulfide) groups is 1. The van der Waals surface area contributed by atoms with E-state index in [0.29, 0.717) is 30.7 Å². The first-order valence-corrected chi connectivity index (χ1v) is 12.2. The summed E-state index contributed by atoms with van der Waals surface area (Å²) >= 11 is 1.60. The smallest absolute Gasteiger partial charge is 0.313 e. The van der Waals surface area contributed by atoms with E-state index in [4.69, 9.17) is 4.74 Å². The average molecular weight is 466 g/mol. The van der Waals surface area contributed by atoms with Gasteiger partial charge < -0.3 is 15.2 Å². The zero-order chi connectivity index (χ0) is 23.8. The van der Waals surface area contributed by atoms with Gasteiger partial charge in [0.2, 0.25) is 0 Å². The van der Waals surface area contributed by atoms with Gasteiger partial charge in [-0.1, -0.05) is 45.1 Å². The van der Waals surface area contributed by atoms with Crippen molar-refractivity contribution >= 4 is 29.3 Å². The number of nitrogens with one attached hydrogen (secondary N) is 1. The van der Waals surface area contributed by atoms with Crippen molar-refractivity contribution in [2.75, 3.05) is 17.7 Å². The molecule has 2 unspecified atom stereocenters. The van der Waals surface area contributed by atoms with Crippen molar-refractivity contribution in [3.8, 4) is 5.75 Å². The van der Waals surface area contributed by atoms with Gasteiger partial charge in [-0.2, -0.15) is 0 Å². The monoisotopic (exact) mass is 465 g/mol. The molecule has 0 radical (unpaired) electrons. The average Bonchev–Trinajstić information content (AvgIpc) is 3.21. The number of aromatic hydroxyl groups is 1. The highest BCUT2D eigenvalue weighted by Gasteiger charge is 2.55. The number of amides is 1. The predicted octanol–water partition coefficient (Wildman–Crippen LogP) is 5.83. The van der Waals surface area contributed by atoms with Crippen LogP contribution in [-0.2, 0) is 16.0 Å². The molecule has 2 aromatic carbocycles. The molecule has 2 aliphatic rings. The number of rotatable bonds is 6. The van der Waals surface area contributed by atoms with Gasteiger partial charge in [0, 0.05) is 33.9 Å². The SMILES string of the molecule is C=C1CC2COC(=O)C2(Cc2ccc(C(=O)Nc3ccc(SCC(C)(C)C)c(O)c3)cc2)C1. The Morgan fingerprint density at radius 2 is 1.97 bits per heavy atom. The molecule has 1 aliphatic heterocycles. The number of hydrogen-bond acceptors (Lipinski definition) is 5. The number of allylic oxidation sites excluding steroid dienone is 1. The van der Waals surface area contributed by atoms with E-state index in [9.17, 15) is 14.7 Å². The van der Waals surface area contributed by atoms with Crippen LogP contribution in [0.5, 0.6) is 5.75 Å². The largest absolute Gasteiger partial charge is 0.507 e. The van der Waals surface area contributed by atoms with Crippen LogP contribution >= 0.6 is 11.8 Å². The molecule has 2 fully saturated rings. The van der Waals surface area contributed by atoms with Gasteiger partial charge in [-0.25, -0.2) is 0 Å². The standard InChI is InChI=1S/C27H31NO4S/c1-17-11-20-15-32-25(31)27(20,13-17)14-18-5-7-19(8-6-18)24(30)28-21-9-10-23(22(29)12-21)33-16-26(2,3)4/h5-10,12,20,29H,1,11,13-16H2,2-4H3,(H,28,30). The fraction of sp³-hybridized carbons (Fsp3) is 0.407. The van der Waals surface area contributed by atoms with Crippen molar-refractivity contribution in [3.05, 3.63) is 65.7 Å². The van der Waals surface area contributed by atoms with Crippen molar-refractivity contribution in [1.82, 2.24) is 0 Å². The molecule has 2 N–H and O–H groups in total. The molecule has 0 spiro atoms. The predicted molar refractivity (Wildman–Crippen MR) is 132 cm³/mol. The van der Waals surface area contributed by atoms with E-state index in [1.165, 1.54) is 0 Å². The van der Waals surface area contributed by atoms with Gasteiger partial charge in [-0.15, -0.1) is 11.8 Å². The number of hydrogen-bond donors (Lipinski definition) is 2. The molecule has 2 aromatic rings. The molecular formula is C27H31NO4S. The van der Waals surface area contributed by atoms with E-state index in [1.807, 2.05) is 18.2 Å². The number of benzene rings is 2. The van der Waals surface area contributed by atoms with Crippen LogP contribution in [0, 0.1) is 16.7 Å². The minimum Gasteiger partial charge on any atom is -0.507 e. The molecule has 0 aromatic heterocycles. The van der Waals surface area contributed by atoms with Gasteiger partial charge in [-0.05, 0) is 54.5 Å². The fourth-order valence-electron chi connectivity index (χ4n) is 4.62. The molecule has 1 aliphatic carbocycles. The molecule has 1 amide bonds. The van der Waals surface area contributed by atoms with Gasteiger partial charge in [0.1, 0.15) is 5.75 Å². The van der Waals surface area contributed by atoms with Gasteiger partial charge >= 0.3 is 5.97 Å². The Kier molecular flexibility index (Phi) is 6.32. The lowest BCUT2D eigenvalue weighted by atomic mass is 9.75. The summed E-state index contributed by atoms with van der Waals surface area (Å²) in [5, 5.41) is 13.2. The summed E-state index contributed by atoms with van der Waals surface area (Å²) in [6.45, 7) is 11.0. The van der Waals surface area contributed by atoms with Gasteiger partial charge in [-0.3, -0.25) is 9.59 Å². The highest BCUT2D eigenvalue weighted by Crippen LogP contribution is 2.52. The lowest BCUT2D eigenvalue weighted by molar-refractivity contribution is -0.146. The van der Waals surface area contributed by atoms with Crippen LogP contribution in [0.1, 0.15) is 49.5 Å². The minimum atomic E-state index is -0.509. The third kappa shape index (κ3) is 5.11. The zero-order valence-electron chi connectivity index (χ0n) is 19.4. The summed E-state index contributed by atoms with van der Waals surface area (Å²) in [5.41, 5.74) is 2.82. The number of anilines is 1. The molecule has 4 rings (SSSR count). The molecule has 33 heavy (non-hydrogen) atoms. The molecule has 1 saturated carbocycles. The highest BCUT2D eigenvalue weighted by atomic mass is 32.2. The fourth-order valence-corrected chi connectivity index (χ4v) is 5.58. The number of carbonyl (C=O) groups excluding carboxylic acids is 2. The Morgan fingerprint density at radius 3 is 2.64 bits per heavy atom. The van der Waals surface area contributed by atoms with Crippen LogP contribution in [0.25, 0.3) is 0 Å². The van der Waals surface area contributed by atoms with Crippen molar-refractivity contribution in [3.63, 3.8) is 0 Å². The molecule has 2 atom stereocenters. The number of ether oxygens (including phenoxy) is 1. The molecule has 174 valence electrons. The molecule has 1 saturated heterocycles. The molecular weight excluding hydrogens is 434 g/mol. The van der Waals surface area contributed by atoms with E-state index < -0.39 is 5.41 Å². The number of phenols is 1. The highest BCUT2D eigenvalue weighted by molar-refractivity contribution is 7.99. The number of esters is 1. The van der Waals surface area contributed by atoms with E-state index in [2.05, 4.69) is 32.7 Å². The van der Waals surface area contributed by atoms with Crippen LogP contribution < -0.4 is 5.32 Å². The van der Waals surface area contributed by atoms with Crippen LogP contribution in [0.4, 0.5) is 5.69 Å². The topological polar surface area (TPSA) is 75.6 Å². The molecule has 1 heterocycles. The third-order valence-electron chi connectivity index (χ3n) is 6.32. The maximum absolute atomic E-state index is 12.7. The summed E-state index contributed by atoms with van der Waals surface area (Å²) in [4.78, 5) is 26.0. The van der Waals surface area contributed by atoms with E-state index >= 15 is 0 Å². The normalized spacial score (nSPS) is 22.2. The first kappa shape index (κ1) is 23.4. The van der Waals surface area contributed by atoms with Crippen molar-refractivity contribution in [1.29, 1.82) is 0 Å². The van der Waals surface area contributed by atoms with Crippen LogP contribution in [-0.4, -0.2) is 29.3 Å². The van der Waals surface area contributed by atoms with E-state index in [1.54, 1.807) is 36.0 Å². The quantitative estimate of drug-likeness (QED) is 0.319. The number of cyclic esters (lactones) is 1. The lowest BCUT2D eigenvalue weighted by Gasteiger charge is -2.24. The Morgan fingerprint density at radius 1 is 1.24 bits per heavy atom. The summed E-state index contributed by atoms with van der Waals surface area (Å²) in [6, 6.07) is 12.6. The van der Waals surface area contributed by atoms with Crippen molar-refractivity contribution in [2.45, 2.75) is 44.9 Å². The summed E-state index contributed by atoms with van der Waals surface area (Å²) < 4.78 is 5.36. The first-order valence-electron chi connectivity index (χ1n) is 11.3. The summed E-state index contributed by atoms with van der Waals surface area (Å²) in [7, 11) is 0. The lowest BCUT2D eigenvalue weighted by Crippen LogP contribution is -2.31. The van der Waals surface area contributed by atoms with Gasteiger partial charge in [0.05, 0.1) is 12.0 Å². The van der Waals surface area contributed by atoms with Crippen molar-refractivity contribution in [2.24, 2.45) is 16.7 Å². The summed E-state index contributed by atoms with van der Waals surface area (Å²) in [5.74, 6) is 0.857. The second kappa shape index (κ2) is 8.90. The van der Waals surface area contributed by atoms with E-state index in [-0.39, 0.29) is 29.0 Å². The van der Waals surface area contributed by atoms with Crippen LogP contribution in [0.15, 0.2) is 59.5 Å². The summed E-state index contributed by atoms with van der Waals surface area (Å²) in [6.07, 6.45) is 2.11. The van der Waals surface area contributed by atoms with Crippen LogP contribution in [0.3, 0.4) is 0 Å². The Labute approximate surface area is 199 Å². The maximum Gasteiger partial charge on any atom is 0.313 e. The molecule has 0 bridgehead atoms. The zero-order valence-corrected chi connectivity index (χ0v) is 20.3. The van der Waals surface area contributed by atoms with Gasteiger partial charge in [0.25, 0.3) is 5.91 Å². The third-order valence-corrected chi connectivity index (χ3v) is 7.98. The second-order valence-electron chi connectivity index (χ2n) is 10.4. The van der Waals surface area contributed by atoms with Crippen LogP contribution in [0.2, 0.25) is 0 Å². The molecule has 6 heteroatoms. The Hall–Kier alpha value is -2.73. The second-order valence-corrected chi connectivity index (χ2v) is 11.5. The first-order chi connectivity index (χ1) is 15.6. The van der Waals surface area contributed by atoms with Gasteiger partial charge in [0.15, 0.2) is 0 Å². The Balaban J connectivity index is 1.40.